The fourth-order valence-electron chi connectivity index (χ4n) is 2.97. The highest BCUT2D eigenvalue weighted by atomic mass is 35.5. The van der Waals surface area contributed by atoms with Crippen LogP contribution in [0.5, 0.6) is 5.75 Å². The van der Waals surface area contributed by atoms with Crippen molar-refractivity contribution in [1.29, 1.82) is 0 Å². The van der Waals surface area contributed by atoms with E-state index in [2.05, 4.69) is 5.32 Å². The molecule has 2 rings (SSSR count). The maximum absolute atomic E-state index is 13.5. The van der Waals surface area contributed by atoms with E-state index in [9.17, 15) is 17.6 Å². The smallest absolute Gasteiger partial charge is 0.244 e. The number of carbonyl (C=O) groups excluding carboxylic acids is 1. The van der Waals surface area contributed by atoms with E-state index in [1.54, 1.807) is 33.1 Å². The fraction of sp³-hybridized carbons (Fsp3) is 0.350. The zero-order chi connectivity index (χ0) is 21.8. The number of benzene rings is 2. The van der Waals surface area contributed by atoms with Crippen LogP contribution in [0.4, 0.5) is 10.1 Å². The molecule has 0 aliphatic carbocycles. The number of rotatable bonds is 8. The van der Waals surface area contributed by atoms with Crippen LogP contribution in [0, 0.1) is 5.82 Å². The Kier molecular flexibility index (Phi) is 7.48. The highest BCUT2D eigenvalue weighted by molar-refractivity contribution is 7.92. The number of nitrogens with zero attached hydrogens (tertiary/aromatic N) is 1. The van der Waals surface area contributed by atoms with Gasteiger partial charge in [0.05, 0.1) is 30.1 Å². The highest BCUT2D eigenvalue weighted by Crippen LogP contribution is 2.28. The lowest BCUT2D eigenvalue weighted by Gasteiger charge is -2.31. The standard InChI is InChI=1S/C20H24ClFN2O4S/c1-5-19(20(25)23-13(2)14-6-9-16(28-3)10-7-14)24(29(4,26)27)15-8-11-18(22)17(21)12-15/h6-13,19H,5H2,1-4H3,(H,23,25)/t13-,19+/m1/s1. The van der Waals surface area contributed by atoms with Gasteiger partial charge in [0.15, 0.2) is 0 Å². The van der Waals surface area contributed by atoms with Crippen molar-refractivity contribution in [3.63, 3.8) is 0 Å². The number of sulfonamides is 1. The number of methoxy groups -OCH3 is 1. The molecule has 1 N–H and O–H groups in total. The number of hydrogen-bond donors (Lipinski definition) is 1. The summed E-state index contributed by atoms with van der Waals surface area (Å²) in [5, 5.41) is 2.62. The third-order valence-corrected chi connectivity index (χ3v) is 5.93. The maximum atomic E-state index is 13.5. The average molecular weight is 443 g/mol. The van der Waals surface area contributed by atoms with Crippen LogP contribution in [0.3, 0.4) is 0 Å². The van der Waals surface area contributed by atoms with E-state index in [1.807, 2.05) is 12.1 Å². The Morgan fingerprint density at radius 3 is 2.34 bits per heavy atom. The predicted octanol–water partition coefficient (Wildman–Crippen LogP) is 3.91. The minimum Gasteiger partial charge on any atom is -0.497 e. The molecular weight excluding hydrogens is 419 g/mol. The Bertz CT molecular complexity index is 967. The summed E-state index contributed by atoms with van der Waals surface area (Å²) in [5.74, 6) is -0.452. The van der Waals surface area contributed by atoms with Gasteiger partial charge < -0.3 is 10.1 Å². The van der Waals surface area contributed by atoms with Gasteiger partial charge in [-0.15, -0.1) is 0 Å². The first-order valence-corrected chi connectivity index (χ1v) is 11.2. The first-order valence-electron chi connectivity index (χ1n) is 8.97. The number of nitrogens with one attached hydrogen (secondary N) is 1. The van der Waals surface area contributed by atoms with Crippen LogP contribution in [0.1, 0.15) is 31.9 Å². The van der Waals surface area contributed by atoms with E-state index < -0.39 is 27.8 Å². The van der Waals surface area contributed by atoms with Gasteiger partial charge in [0, 0.05) is 0 Å². The molecule has 0 aliphatic heterocycles. The first kappa shape index (κ1) is 23.0. The molecule has 2 atom stereocenters. The second-order valence-electron chi connectivity index (χ2n) is 6.58. The van der Waals surface area contributed by atoms with Gasteiger partial charge in [-0.2, -0.15) is 0 Å². The Hall–Kier alpha value is -2.32. The molecule has 158 valence electrons. The first-order chi connectivity index (χ1) is 13.6. The van der Waals surface area contributed by atoms with Gasteiger partial charge in [-0.05, 0) is 49.2 Å². The van der Waals surface area contributed by atoms with Crippen LogP contribution < -0.4 is 14.4 Å². The third-order valence-electron chi connectivity index (χ3n) is 4.46. The summed E-state index contributed by atoms with van der Waals surface area (Å²) in [7, 11) is -2.28. The molecule has 0 fully saturated rings. The van der Waals surface area contributed by atoms with Crippen LogP contribution in [0.25, 0.3) is 0 Å². The summed E-state index contributed by atoms with van der Waals surface area (Å²) in [6.45, 7) is 3.50. The molecule has 0 saturated heterocycles. The lowest BCUT2D eigenvalue weighted by Crippen LogP contribution is -2.49. The van der Waals surface area contributed by atoms with Crippen molar-refractivity contribution in [3.05, 3.63) is 58.9 Å². The van der Waals surface area contributed by atoms with E-state index >= 15 is 0 Å². The van der Waals surface area contributed by atoms with Gasteiger partial charge in [0.25, 0.3) is 0 Å². The van der Waals surface area contributed by atoms with Crippen LogP contribution >= 0.6 is 11.6 Å². The Balaban J connectivity index is 2.30. The van der Waals surface area contributed by atoms with Crippen molar-refractivity contribution in [2.75, 3.05) is 17.7 Å². The Morgan fingerprint density at radius 2 is 1.86 bits per heavy atom. The molecule has 6 nitrogen and oxygen atoms in total. The molecule has 0 unspecified atom stereocenters. The number of halogens is 2. The Labute approximate surface area is 175 Å². The van der Waals surface area contributed by atoms with E-state index in [-0.39, 0.29) is 23.2 Å². The predicted molar refractivity (Wildman–Crippen MR) is 112 cm³/mol. The lowest BCUT2D eigenvalue weighted by atomic mass is 10.1. The Morgan fingerprint density at radius 1 is 1.24 bits per heavy atom. The van der Waals surface area contributed by atoms with Gasteiger partial charge in [0.1, 0.15) is 17.6 Å². The summed E-state index contributed by atoms with van der Waals surface area (Å²) in [4.78, 5) is 12.9. The lowest BCUT2D eigenvalue weighted by molar-refractivity contribution is -0.122. The number of amides is 1. The van der Waals surface area contributed by atoms with E-state index in [0.29, 0.717) is 5.75 Å². The zero-order valence-corrected chi connectivity index (χ0v) is 18.2. The molecule has 0 spiro atoms. The van der Waals surface area contributed by atoms with Gasteiger partial charge in [-0.1, -0.05) is 30.7 Å². The van der Waals surface area contributed by atoms with Crippen molar-refractivity contribution in [1.82, 2.24) is 5.32 Å². The van der Waals surface area contributed by atoms with Crippen LogP contribution in [-0.2, 0) is 14.8 Å². The zero-order valence-electron chi connectivity index (χ0n) is 16.6. The maximum Gasteiger partial charge on any atom is 0.244 e. The largest absolute Gasteiger partial charge is 0.497 e. The van der Waals surface area contributed by atoms with Crippen molar-refractivity contribution >= 4 is 33.2 Å². The van der Waals surface area contributed by atoms with Crippen molar-refractivity contribution in [3.8, 4) is 5.75 Å². The number of anilines is 1. The fourth-order valence-corrected chi connectivity index (χ4v) is 4.35. The van der Waals surface area contributed by atoms with Crippen molar-refractivity contribution < 1.29 is 22.3 Å². The average Bonchev–Trinajstić information content (AvgIpc) is 2.67. The summed E-state index contributed by atoms with van der Waals surface area (Å²) < 4.78 is 44.5. The molecule has 9 heteroatoms. The van der Waals surface area contributed by atoms with Crippen molar-refractivity contribution in [2.45, 2.75) is 32.4 Å². The highest BCUT2D eigenvalue weighted by Gasteiger charge is 2.32. The van der Waals surface area contributed by atoms with E-state index in [4.69, 9.17) is 16.3 Å². The molecule has 29 heavy (non-hydrogen) atoms. The topological polar surface area (TPSA) is 75.7 Å². The second kappa shape index (κ2) is 9.45. The monoisotopic (exact) mass is 442 g/mol. The number of carbonyl (C=O) groups is 1. The molecular formula is C20H24ClFN2O4S. The summed E-state index contributed by atoms with van der Waals surface area (Å²) in [5.41, 5.74) is 0.961. The molecule has 0 aliphatic rings. The number of ether oxygens (including phenoxy) is 1. The van der Waals surface area contributed by atoms with E-state index in [1.165, 1.54) is 12.1 Å². The molecule has 0 heterocycles. The SMILES string of the molecule is CC[C@@H](C(=O)N[C@H](C)c1ccc(OC)cc1)N(c1ccc(F)c(Cl)c1)S(C)(=O)=O. The van der Waals surface area contributed by atoms with Crippen LogP contribution in [0.15, 0.2) is 42.5 Å². The van der Waals surface area contributed by atoms with Crippen molar-refractivity contribution in [2.24, 2.45) is 0 Å². The third kappa shape index (κ3) is 5.61. The molecule has 2 aromatic rings. The van der Waals surface area contributed by atoms with Gasteiger partial charge in [-0.25, -0.2) is 12.8 Å². The number of hydrogen-bond acceptors (Lipinski definition) is 4. The minimum absolute atomic E-state index is 0.123. The molecule has 1 amide bonds. The quantitative estimate of drug-likeness (QED) is 0.672. The van der Waals surface area contributed by atoms with Crippen LogP contribution in [0.2, 0.25) is 5.02 Å². The van der Waals surface area contributed by atoms with Gasteiger partial charge in [-0.3, -0.25) is 9.10 Å². The van der Waals surface area contributed by atoms with Crippen LogP contribution in [-0.4, -0.2) is 33.7 Å². The molecule has 2 aromatic carbocycles. The summed E-state index contributed by atoms with van der Waals surface area (Å²) in [6, 6.07) is 9.36. The molecule has 0 bridgehead atoms. The molecule has 0 aromatic heterocycles. The van der Waals surface area contributed by atoms with Gasteiger partial charge >= 0.3 is 0 Å². The summed E-state index contributed by atoms with van der Waals surface area (Å²) in [6.07, 6.45) is 1.20. The second-order valence-corrected chi connectivity index (χ2v) is 8.85. The molecule has 0 radical (unpaired) electrons. The molecule has 0 saturated carbocycles. The minimum atomic E-state index is -3.84. The summed E-state index contributed by atoms with van der Waals surface area (Å²) >= 11 is 5.82. The van der Waals surface area contributed by atoms with Gasteiger partial charge in [0.2, 0.25) is 15.9 Å². The van der Waals surface area contributed by atoms with E-state index in [0.717, 1.165) is 22.2 Å². The normalized spacial score (nSPS) is 13.4.